The molecular weight excluding hydrogens is 310 g/mol. The molecule has 0 spiro atoms. The Morgan fingerprint density at radius 2 is 2.16 bits per heavy atom. The molecule has 0 radical (unpaired) electrons. The molecular formula is C13H10BrN3O2. The SMILES string of the molecule is O=C1CCN(c2cc(Br)cc3ncccc23)C(=O)N1. The number of hydrogen-bond donors (Lipinski definition) is 1. The van der Waals surface area contributed by atoms with Gasteiger partial charge in [0.1, 0.15) is 0 Å². The molecule has 0 saturated carbocycles. The summed E-state index contributed by atoms with van der Waals surface area (Å²) in [5.41, 5.74) is 1.55. The Morgan fingerprint density at radius 1 is 1.32 bits per heavy atom. The molecule has 3 amide bonds. The normalized spacial score (nSPS) is 15.7. The summed E-state index contributed by atoms with van der Waals surface area (Å²) in [7, 11) is 0. The monoisotopic (exact) mass is 319 g/mol. The number of fused-ring (bicyclic) bond motifs is 1. The number of carbonyl (C=O) groups is 2. The van der Waals surface area contributed by atoms with Gasteiger partial charge in [0, 0.05) is 29.0 Å². The maximum absolute atomic E-state index is 11.9. The predicted molar refractivity (Wildman–Crippen MR) is 74.9 cm³/mol. The van der Waals surface area contributed by atoms with Crippen molar-refractivity contribution in [2.75, 3.05) is 11.4 Å². The first-order valence-electron chi connectivity index (χ1n) is 5.81. The molecule has 1 aromatic heterocycles. The highest BCUT2D eigenvalue weighted by Crippen LogP contribution is 2.30. The van der Waals surface area contributed by atoms with E-state index in [9.17, 15) is 9.59 Å². The fourth-order valence-corrected chi connectivity index (χ4v) is 2.58. The summed E-state index contributed by atoms with van der Waals surface area (Å²) in [4.78, 5) is 29.0. The number of amides is 3. The van der Waals surface area contributed by atoms with Crippen molar-refractivity contribution in [2.45, 2.75) is 6.42 Å². The van der Waals surface area contributed by atoms with E-state index >= 15 is 0 Å². The molecule has 1 aromatic carbocycles. The van der Waals surface area contributed by atoms with E-state index in [0.717, 1.165) is 21.1 Å². The van der Waals surface area contributed by atoms with Gasteiger partial charge in [0.2, 0.25) is 5.91 Å². The number of urea groups is 1. The number of imide groups is 1. The lowest BCUT2D eigenvalue weighted by atomic mass is 10.1. The Labute approximate surface area is 117 Å². The molecule has 1 N–H and O–H groups in total. The highest BCUT2D eigenvalue weighted by molar-refractivity contribution is 9.10. The molecule has 2 aromatic rings. The van der Waals surface area contributed by atoms with Crippen LogP contribution in [0.3, 0.4) is 0 Å². The molecule has 0 aliphatic carbocycles. The maximum atomic E-state index is 11.9. The molecule has 19 heavy (non-hydrogen) atoms. The van der Waals surface area contributed by atoms with Crippen LogP contribution in [0.2, 0.25) is 0 Å². The summed E-state index contributed by atoms with van der Waals surface area (Å²) < 4.78 is 0.846. The Morgan fingerprint density at radius 3 is 2.95 bits per heavy atom. The van der Waals surface area contributed by atoms with E-state index in [2.05, 4.69) is 26.2 Å². The van der Waals surface area contributed by atoms with Crippen LogP contribution in [0.5, 0.6) is 0 Å². The lowest BCUT2D eigenvalue weighted by Crippen LogP contribution is -2.49. The number of benzene rings is 1. The number of aromatic nitrogens is 1. The average Bonchev–Trinajstić information content (AvgIpc) is 2.38. The molecule has 1 fully saturated rings. The van der Waals surface area contributed by atoms with E-state index in [4.69, 9.17) is 0 Å². The van der Waals surface area contributed by atoms with E-state index in [-0.39, 0.29) is 11.9 Å². The Balaban J connectivity index is 2.14. The van der Waals surface area contributed by atoms with Crippen LogP contribution in [-0.2, 0) is 4.79 Å². The van der Waals surface area contributed by atoms with Gasteiger partial charge in [-0.1, -0.05) is 15.9 Å². The fraction of sp³-hybridized carbons (Fsp3) is 0.154. The molecule has 2 heterocycles. The summed E-state index contributed by atoms with van der Waals surface area (Å²) in [5, 5.41) is 3.21. The summed E-state index contributed by atoms with van der Waals surface area (Å²) >= 11 is 3.42. The zero-order valence-electron chi connectivity index (χ0n) is 9.89. The van der Waals surface area contributed by atoms with Crippen LogP contribution >= 0.6 is 15.9 Å². The molecule has 1 aliphatic rings. The third-order valence-corrected chi connectivity index (χ3v) is 3.47. The Hall–Kier alpha value is -1.95. The highest BCUT2D eigenvalue weighted by atomic mass is 79.9. The second kappa shape index (κ2) is 4.62. The fourth-order valence-electron chi connectivity index (χ4n) is 2.15. The summed E-state index contributed by atoms with van der Waals surface area (Å²) in [6.45, 7) is 0.380. The first-order chi connectivity index (χ1) is 9.15. The lowest BCUT2D eigenvalue weighted by Gasteiger charge is -2.27. The summed E-state index contributed by atoms with van der Waals surface area (Å²) in [5.74, 6) is -0.237. The van der Waals surface area contributed by atoms with Crippen molar-refractivity contribution >= 4 is 44.5 Å². The van der Waals surface area contributed by atoms with Gasteiger partial charge in [-0.15, -0.1) is 0 Å². The number of nitrogens with zero attached hydrogens (tertiary/aromatic N) is 2. The predicted octanol–water partition coefficient (Wildman–Crippen LogP) is 2.44. The molecule has 3 rings (SSSR count). The van der Waals surface area contributed by atoms with Crippen LogP contribution in [0.25, 0.3) is 10.9 Å². The smallest absolute Gasteiger partial charge is 0.293 e. The minimum absolute atomic E-state index is 0.237. The molecule has 0 unspecified atom stereocenters. The Bertz CT molecular complexity index is 687. The molecule has 1 aliphatic heterocycles. The van der Waals surface area contributed by atoms with Crippen LogP contribution in [0.4, 0.5) is 10.5 Å². The van der Waals surface area contributed by atoms with Gasteiger partial charge in [-0.05, 0) is 24.3 Å². The van der Waals surface area contributed by atoms with Crippen molar-refractivity contribution in [3.8, 4) is 0 Å². The van der Waals surface area contributed by atoms with Gasteiger partial charge in [-0.2, -0.15) is 0 Å². The Kier molecular flexibility index (Phi) is 2.94. The van der Waals surface area contributed by atoms with Gasteiger partial charge in [0.15, 0.2) is 0 Å². The van der Waals surface area contributed by atoms with Gasteiger partial charge >= 0.3 is 6.03 Å². The lowest BCUT2D eigenvalue weighted by molar-refractivity contribution is -0.120. The minimum Gasteiger partial charge on any atom is -0.293 e. The van der Waals surface area contributed by atoms with Crippen LogP contribution < -0.4 is 10.2 Å². The number of halogens is 1. The largest absolute Gasteiger partial charge is 0.328 e. The molecule has 96 valence electrons. The van der Waals surface area contributed by atoms with E-state index < -0.39 is 0 Å². The van der Waals surface area contributed by atoms with Crippen molar-refractivity contribution in [2.24, 2.45) is 0 Å². The zero-order valence-corrected chi connectivity index (χ0v) is 11.5. The topological polar surface area (TPSA) is 62.3 Å². The average molecular weight is 320 g/mol. The van der Waals surface area contributed by atoms with Crippen molar-refractivity contribution < 1.29 is 9.59 Å². The maximum Gasteiger partial charge on any atom is 0.328 e. The minimum atomic E-state index is -0.389. The molecule has 1 saturated heterocycles. The number of carbonyl (C=O) groups excluding carboxylic acids is 2. The number of anilines is 1. The number of hydrogen-bond acceptors (Lipinski definition) is 3. The molecule has 5 nitrogen and oxygen atoms in total. The first-order valence-corrected chi connectivity index (χ1v) is 6.60. The summed E-state index contributed by atoms with van der Waals surface area (Å²) in [6, 6.07) is 7.10. The highest BCUT2D eigenvalue weighted by Gasteiger charge is 2.25. The quantitative estimate of drug-likeness (QED) is 0.878. The standard InChI is InChI=1S/C13H10BrN3O2/c14-8-6-10-9(2-1-4-15-10)11(7-8)17-5-3-12(18)16-13(17)19/h1-2,4,6-7H,3,5H2,(H,16,18,19). The third kappa shape index (κ3) is 2.19. The van der Waals surface area contributed by atoms with Crippen LogP contribution in [0.1, 0.15) is 6.42 Å². The van der Waals surface area contributed by atoms with Gasteiger partial charge in [0.05, 0.1) is 11.2 Å². The second-order valence-corrected chi connectivity index (χ2v) is 5.17. The van der Waals surface area contributed by atoms with E-state index in [1.807, 2.05) is 24.3 Å². The zero-order chi connectivity index (χ0) is 13.4. The molecule has 0 atom stereocenters. The van der Waals surface area contributed by atoms with E-state index in [0.29, 0.717) is 13.0 Å². The number of rotatable bonds is 1. The van der Waals surface area contributed by atoms with Crippen molar-refractivity contribution in [3.05, 3.63) is 34.9 Å². The van der Waals surface area contributed by atoms with E-state index in [1.165, 1.54) is 0 Å². The van der Waals surface area contributed by atoms with Crippen LogP contribution in [0, 0.1) is 0 Å². The van der Waals surface area contributed by atoms with Crippen molar-refractivity contribution in [3.63, 3.8) is 0 Å². The van der Waals surface area contributed by atoms with Crippen molar-refractivity contribution in [1.29, 1.82) is 0 Å². The third-order valence-electron chi connectivity index (χ3n) is 3.01. The molecule has 0 bridgehead atoms. The number of nitrogens with one attached hydrogen (secondary N) is 1. The van der Waals surface area contributed by atoms with Gasteiger partial charge in [-0.3, -0.25) is 20.0 Å². The van der Waals surface area contributed by atoms with Crippen LogP contribution in [-0.4, -0.2) is 23.5 Å². The molecule has 6 heteroatoms. The van der Waals surface area contributed by atoms with Gasteiger partial charge < -0.3 is 0 Å². The second-order valence-electron chi connectivity index (χ2n) is 4.25. The van der Waals surface area contributed by atoms with Crippen LogP contribution in [0.15, 0.2) is 34.9 Å². The summed E-state index contributed by atoms with van der Waals surface area (Å²) in [6.07, 6.45) is 2.01. The van der Waals surface area contributed by atoms with Gasteiger partial charge in [0.25, 0.3) is 0 Å². The van der Waals surface area contributed by atoms with E-state index in [1.54, 1.807) is 11.1 Å². The number of pyridine rings is 1. The van der Waals surface area contributed by atoms with Crippen molar-refractivity contribution in [1.82, 2.24) is 10.3 Å². The first kappa shape index (κ1) is 12.1. The van der Waals surface area contributed by atoms with Gasteiger partial charge in [-0.25, -0.2) is 4.79 Å².